The van der Waals surface area contributed by atoms with E-state index >= 15 is 0 Å². The standard InChI is InChI=1S/C13H22OS/c1-13(9-6-10-15-13)12(14)11-7-4-2-3-5-8-11/h7,12,14H,2-6,8-10H2,1H3. The van der Waals surface area contributed by atoms with Crippen LogP contribution in [-0.4, -0.2) is 21.7 Å². The minimum absolute atomic E-state index is 0.107. The third-order valence-electron chi connectivity index (χ3n) is 3.76. The number of hydrogen-bond acceptors (Lipinski definition) is 2. The van der Waals surface area contributed by atoms with E-state index in [1.54, 1.807) is 0 Å². The summed E-state index contributed by atoms with van der Waals surface area (Å²) >= 11 is 1.96. The highest BCUT2D eigenvalue weighted by molar-refractivity contribution is 8.00. The third-order valence-corrected chi connectivity index (χ3v) is 5.33. The lowest BCUT2D eigenvalue weighted by molar-refractivity contribution is 0.163. The van der Waals surface area contributed by atoms with Crippen LogP contribution in [0.25, 0.3) is 0 Å². The fourth-order valence-corrected chi connectivity index (χ4v) is 4.05. The first-order chi connectivity index (χ1) is 7.22. The molecule has 15 heavy (non-hydrogen) atoms. The largest absolute Gasteiger partial charge is 0.387 e. The Kier molecular flexibility index (Phi) is 3.78. The van der Waals surface area contributed by atoms with Gasteiger partial charge in [0.25, 0.3) is 0 Å². The molecule has 1 heterocycles. The molecule has 1 saturated heterocycles. The zero-order chi connectivity index (χ0) is 10.7. The zero-order valence-corrected chi connectivity index (χ0v) is 10.5. The lowest BCUT2D eigenvalue weighted by atomic mass is 9.90. The summed E-state index contributed by atoms with van der Waals surface area (Å²) in [5.41, 5.74) is 1.32. The normalized spacial score (nSPS) is 34.7. The molecule has 0 aromatic carbocycles. The summed E-state index contributed by atoms with van der Waals surface area (Å²) in [6.45, 7) is 2.24. The molecule has 2 unspecified atom stereocenters. The van der Waals surface area contributed by atoms with Gasteiger partial charge in [-0.25, -0.2) is 0 Å². The van der Waals surface area contributed by atoms with Gasteiger partial charge in [-0.15, -0.1) is 0 Å². The van der Waals surface area contributed by atoms with Crippen molar-refractivity contribution in [1.82, 2.24) is 0 Å². The molecule has 1 N–H and O–H groups in total. The quantitative estimate of drug-likeness (QED) is 0.727. The molecule has 0 amide bonds. The Bertz CT molecular complexity index is 241. The Labute approximate surface area is 97.3 Å². The highest BCUT2D eigenvalue weighted by Gasteiger charge is 2.38. The molecule has 0 aromatic heterocycles. The van der Waals surface area contributed by atoms with Gasteiger partial charge in [0.05, 0.1) is 6.10 Å². The topological polar surface area (TPSA) is 20.2 Å². The molecule has 1 nitrogen and oxygen atoms in total. The zero-order valence-electron chi connectivity index (χ0n) is 9.67. The lowest BCUT2D eigenvalue weighted by Gasteiger charge is -2.31. The van der Waals surface area contributed by atoms with Crippen molar-refractivity contribution in [2.45, 2.75) is 62.7 Å². The van der Waals surface area contributed by atoms with Gasteiger partial charge in [0, 0.05) is 4.75 Å². The van der Waals surface area contributed by atoms with Crippen LogP contribution in [0.3, 0.4) is 0 Å². The van der Waals surface area contributed by atoms with Crippen molar-refractivity contribution >= 4 is 11.8 Å². The number of hydrogen-bond donors (Lipinski definition) is 1. The van der Waals surface area contributed by atoms with Crippen molar-refractivity contribution in [2.24, 2.45) is 0 Å². The maximum atomic E-state index is 10.5. The van der Waals surface area contributed by atoms with E-state index in [1.807, 2.05) is 11.8 Å². The van der Waals surface area contributed by atoms with Gasteiger partial charge in [0.1, 0.15) is 0 Å². The number of aliphatic hydroxyl groups is 1. The molecule has 2 rings (SSSR count). The Morgan fingerprint density at radius 2 is 2.20 bits per heavy atom. The molecule has 0 aromatic rings. The van der Waals surface area contributed by atoms with Crippen molar-refractivity contribution in [1.29, 1.82) is 0 Å². The summed E-state index contributed by atoms with van der Waals surface area (Å²) in [5, 5.41) is 10.5. The summed E-state index contributed by atoms with van der Waals surface area (Å²) in [6.07, 6.45) is 10.8. The first kappa shape index (κ1) is 11.5. The van der Waals surface area contributed by atoms with Crippen LogP contribution in [0.15, 0.2) is 11.6 Å². The minimum Gasteiger partial charge on any atom is -0.387 e. The number of allylic oxidation sites excluding steroid dienone is 1. The van der Waals surface area contributed by atoms with Crippen LogP contribution < -0.4 is 0 Å². The van der Waals surface area contributed by atoms with E-state index in [0.29, 0.717) is 0 Å². The monoisotopic (exact) mass is 226 g/mol. The molecule has 2 atom stereocenters. The Balaban J connectivity index is 2.04. The first-order valence-electron chi connectivity index (χ1n) is 6.23. The SMILES string of the molecule is CC1(C(O)C2=CCCCCC2)CCCS1. The predicted molar refractivity (Wildman–Crippen MR) is 67.3 cm³/mol. The maximum absolute atomic E-state index is 10.5. The molecular weight excluding hydrogens is 204 g/mol. The van der Waals surface area contributed by atoms with E-state index in [-0.39, 0.29) is 10.9 Å². The minimum atomic E-state index is -0.192. The molecule has 86 valence electrons. The van der Waals surface area contributed by atoms with Crippen molar-refractivity contribution in [2.75, 3.05) is 5.75 Å². The fourth-order valence-electron chi connectivity index (χ4n) is 2.70. The highest BCUT2D eigenvalue weighted by Crippen LogP contribution is 2.43. The third kappa shape index (κ3) is 2.59. The van der Waals surface area contributed by atoms with Crippen LogP contribution in [0.2, 0.25) is 0 Å². The van der Waals surface area contributed by atoms with Gasteiger partial charge in [-0.05, 0) is 56.8 Å². The number of thioether (sulfide) groups is 1. The second-order valence-electron chi connectivity index (χ2n) is 5.05. The lowest BCUT2D eigenvalue weighted by Crippen LogP contribution is -2.35. The van der Waals surface area contributed by atoms with Crippen molar-refractivity contribution in [3.63, 3.8) is 0 Å². The van der Waals surface area contributed by atoms with Crippen LogP contribution in [-0.2, 0) is 0 Å². The second kappa shape index (κ2) is 4.92. The van der Waals surface area contributed by atoms with Gasteiger partial charge in [-0.3, -0.25) is 0 Å². The number of rotatable bonds is 2. The van der Waals surface area contributed by atoms with Gasteiger partial charge in [0.2, 0.25) is 0 Å². The van der Waals surface area contributed by atoms with Crippen molar-refractivity contribution in [3.8, 4) is 0 Å². The van der Waals surface area contributed by atoms with Gasteiger partial charge in [0.15, 0.2) is 0 Å². The molecule has 0 radical (unpaired) electrons. The Morgan fingerprint density at radius 3 is 2.93 bits per heavy atom. The first-order valence-corrected chi connectivity index (χ1v) is 7.22. The van der Waals surface area contributed by atoms with Gasteiger partial charge in [-0.1, -0.05) is 12.5 Å². The van der Waals surface area contributed by atoms with Crippen LogP contribution in [0.4, 0.5) is 0 Å². The average molecular weight is 226 g/mol. The summed E-state index contributed by atoms with van der Waals surface area (Å²) in [6, 6.07) is 0. The average Bonchev–Trinajstić information content (AvgIpc) is 2.54. The smallest absolute Gasteiger partial charge is 0.0894 e. The summed E-state index contributed by atoms with van der Waals surface area (Å²) in [4.78, 5) is 0. The maximum Gasteiger partial charge on any atom is 0.0894 e. The molecule has 2 aliphatic rings. The second-order valence-corrected chi connectivity index (χ2v) is 6.68. The van der Waals surface area contributed by atoms with Crippen LogP contribution in [0, 0.1) is 0 Å². The van der Waals surface area contributed by atoms with E-state index in [1.165, 1.54) is 49.9 Å². The molecule has 1 fully saturated rings. The van der Waals surface area contributed by atoms with Crippen LogP contribution in [0.5, 0.6) is 0 Å². The van der Waals surface area contributed by atoms with E-state index < -0.39 is 0 Å². The summed E-state index contributed by atoms with van der Waals surface area (Å²) in [7, 11) is 0. The van der Waals surface area contributed by atoms with Crippen LogP contribution in [0.1, 0.15) is 51.9 Å². The van der Waals surface area contributed by atoms with Gasteiger partial charge in [-0.2, -0.15) is 11.8 Å². The molecule has 1 aliphatic carbocycles. The fraction of sp³-hybridized carbons (Fsp3) is 0.846. The summed E-state index contributed by atoms with van der Waals surface area (Å²) < 4.78 is 0.107. The van der Waals surface area contributed by atoms with Crippen molar-refractivity contribution in [3.05, 3.63) is 11.6 Å². The molecule has 0 spiro atoms. The Morgan fingerprint density at radius 1 is 1.33 bits per heavy atom. The molecule has 2 heteroatoms. The molecular formula is C13H22OS. The molecule has 1 aliphatic heterocycles. The van der Waals surface area contributed by atoms with E-state index in [2.05, 4.69) is 13.0 Å². The highest BCUT2D eigenvalue weighted by atomic mass is 32.2. The number of aliphatic hydroxyl groups excluding tert-OH is 1. The van der Waals surface area contributed by atoms with E-state index in [9.17, 15) is 5.11 Å². The molecule has 0 saturated carbocycles. The molecule has 0 bridgehead atoms. The van der Waals surface area contributed by atoms with E-state index in [4.69, 9.17) is 0 Å². The van der Waals surface area contributed by atoms with Gasteiger partial charge >= 0.3 is 0 Å². The predicted octanol–water partition coefficient (Wildman–Crippen LogP) is 3.52. The summed E-state index contributed by atoms with van der Waals surface area (Å²) in [5.74, 6) is 1.22. The van der Waals surface area contributed by atoms with Gasteiger partial charge < -0.3 is 5.11 Å². The Hall–Kier alpha value is 0.0500. The van der Waals surface area contributed by atoms with E-state index in [0.717, 1.165) is 6.42 Å². The van der Waals surface area contributed by atoms with Crippen LogP contribution >= 0.6 is 11.8 Å². The van der Waals surface area contributed by atoms with Crippen molar-refractivity contribution < 1.29 is 5.11 Å².